The minimum absolute atomic E-state index is 0.224. The van der Waals surface area contributed by atoms with Gasteiger partial charge >= 0.3 is 0 Å². The molecular formula is C17H28N2O. The maximum absolute atomic E-state index is 9.40. The summed E-state index contributed by atoms with van der Waals surface area (Å²) in [6.07, 6.45) is 3.62. The average molecular weight is 276 g/mol. The Morgan fingerprint density at radius 2 is 2.00 bits per heavy atom. The molecule has 0 radical (unpaired) electrons. The van der Waals surface area contributed by atoms with Gasteiger partial charge in [-0.25, -0.2) is 0 Å². The Bertz CT molecular complexity index is 418. The van der Waals surface area contributed by atoms with E-state index in [4.69, 9.17) is 0 Å². The molecule has 0 amide bonds. The molecule has 2 N–H and O–H groups in total. The van der Waals surface area contributed by atoms with Crippen molar-refractivity contribution < 1.29 is 5.11 Å². The number of piperazine rings is 1. The first-order chi connectivity index (χ1) is 9.57. The van der Waals surface area contributed by atoms with Gasteiger partial charge in [-0.3, -0.25) is 4.90 Å². The summed E-state index contributed by atoms with van der Waals surface area (Å²) in [7, 11) is 0. The fraction of sp³-hybridized carbons (Fsp3) is 0.647. The van der Waals surface area contributed by atoms with Crippen molar-refractivity contribution >= 4 is 0 Å². The maximum Gasteiger partial charge on any atom is 0.115 e. The number of phenolic OH excluding ortho intramolecular Hbond substituents is 1. The van der Waals surface area contributed by atoms with Crippen molar-refractivity contribution in [2.24, 2.45) is 0 Å². The van der Waals surface area contributed by atoms with Gasteiger partial charge in [0.15, 0.2) is 0 Å². The summed E-state index contributed by atoms with van der Waals surface area (Å²) in [6.45, 7) is 10.0. The minimum Gasteiger partial charge on any atom is -0.508 e. The van der Waals surface area contributed by atoms with Gasteiger partial charge in [-0.2, -0.15) is 0 Å². The van der Waals surface area contributed by atoms with Crippen molar-refractivity contribution in [1.29, 1.82) is 0 Å². The summed E-state index contributed by atoms with van der Waals surface area (Å²) in [5.74, 6) is 0.344. The van der Waals surface area contributed by atoms with Crippen molar-refractivity contribution in [3.8, 4) is 5.75 Å². The number of rotatable bonds is 5. The molecule has 3 heteroatoms. The van der Waals surface area contributed by atoms with Crippen LogP contribution in [0.25, 0.3) is 0 Å². The predicted molar refractivity (Wildman–Crippen MR) is 83.9 cm³/mol. The van der Waals surface area contributed by atoms with Crippen molar-refractivity contribution in [3.63, 3.8) is 0 Å². The molecule has 0 spiro atoms. The normalized spacial score (nSPS) is 27.6. The summed E-state index contributed by atoms with van der Waals surface area (Å²) < 4.78 is 0. The lowest BCUT2D eigenvalue weighted by molar-refractivity contribution is 0.0396. The summed E-state index contributed by atoms with van der Waals surface area (Å²) in [5.41, 5.74) is 1.50. The van der Waals surface area contributed by atoms with Gasteiger partial charge in [0.25, 0.3) is 0 Å². The van der Waals surface area contributed by atoms with E-state index in [2.05, 4.69) is 31.0 Å². The molecule has 2 unspecified atom stereocenters. The van der Waals surface area contributed by atoms with Gasteiger partial charge in [0, 0.05) is 31.2 Å². The molecule has 20 heavy (non-hydrogen) atoms. The van der Waals surface area contributed by atoms with E-state index in [0.717, 1.165) is 26.1 Å². The zero-order valence-electron chi connectivity index (χ0n) is 13.0. The number of benzene rings is 1. The summed E-state index contributed by atoms with van der Waals surface area (Å²) in [4.78, 5) is 2.61. The zero-order valence-corrected chi connectivity index (χ0v) is 13.0. The van der Waals surface area contributed by atoms with Gasteiger partial charge in [-0.05, 0) is 37.5 Å². The lowest BCUT2D eigenvalue weighted by atomic mass is 9.90. The van der Waals surface area contributed by atoms with Crippen LogP contribution in [0.2, 0.25) is 0 Å². The van der Waals surface area contributed by atoms with Crippen LogP contribution in [0, 0.1) is 0 Å². The molecule has 1 fully saturated rings. The smallest absolute Gasteiger partial charge is 0.115 e. The summed E-state index contributed by atoms with van der Waals surface area (Å²) in [5, 5.41) is 13.1. The second-order valence-corrected chi connectivity index (χ2v) is 6.26. The number of phenols is 1. The molecule has 1 aromatic carbocycles. The van der Waals surface area contributed by atoms with Crippen LogP contribution in [0.5, 0.6) is 5.75 Å². The third kappa shape index (κ3) is 3.53. The Balaban J connectivity index is 2.09. The second-order valence-electron chi connectivity index (χ2n) is 6.26. The Labute approximate surface area is 123 Å². The molecule has 0 bridgehead atoms. The molecule has 1 saturated heterocycles. The van der Waals surface area contributed by atoms with Crippen molar-refractivity contribution in [2.75, 3.05) is 13.1 Å². The minimum atomic E-state index is 0.224. The Morgan fingerprint density at radius 3 is 2.60 bits per heavy atom. The molecule has 1 heterocycles. The van der Waals surface area contributed by atoms with Gasteiger partial charge in [0.05, 0.1) is 0 Å². The van der Waals surface area contributed by atoms with Gasteiger partial charge in [0.1, 0.15) is 5.75 Å². The molecule has 1 aliphatic rings. The quantitative estimate of drug-likeness (QED) is 0.867. The zero-order chi connectivity index (χ0) is 14.6. The fourth-order valence-corrected chi connectivity index (χ4v) is 2.99. The van der Waals surface area contributed by atoms with Crippen LogP contribution in [-0.4, -0.2) is 34.7 Å². The fourth-order valence-electron chi connectivity index (χ4n) is 2.99. The van der Waals surface area contributed by atoms with E-state index in [0.29, 0.717) is 11.8 Å². The Morgan fingerprint density at radius 1 is 1.30 bits per heavy atom. The van der Waals surface area contributed by atoms with Gasteiger partial charge in [-0.15, -0.1) is 0 Å². The number of nitrogens with one attached hydrogen (secondary N) is 1. The molecule has 0 aromatic heterocycles. The third-order valence-corrected chi connectivity index (χ3v) is 4.68. The van der Waals surface area contributed by atoms with E-state index in [1.807, 2.05) is 12.1 Å². The standard InChI is InChI=1S/C17H28N2O/c1-4-6-15-12-19(17(3,5-2)13-18-15)11-14-7-9-16(20)10-8-14/h7-10,15,18,20H,4-6,11-13H2,1-3H3. The molecule has 1 aromatic rings. The first-order valence-electron chi connectivity index (χ1n) is 7.83. The predicted octanol–water partition coefficient (Wildman–Crippen LogP) is 3.13. The van der Waals surface area contributed by atoms with Crippen LogP contribution in [0.1, 0.15) is 45.6 Å². The Kier molecular flexibility index (Phi) is 5.06. The van der Waals surface area contributed by atoms with Gasteiger partial charge in [-0.1, -0.05) is 32.4 Å². The van der Waals surface area contributed by atoms with Gasteiger partial charge < -0.3 is 10.4 Å². The largest absolute Gasteiger partial charge is 0.508 e. The molecule has 0 saturated carbocycles. The topological polar surface area (TPSA) is 35.5 Å². The van der Waals surface area contributed by atoms with Crippen LogP contribution >= 0.6 is 0 Å². The number of hydrogen-bond acceptors (Lipinski definition) is 3. The van der Waals surface area contributed by atoms with E-state index in [1.54, 1.807) is 12.1 Å². The van der Waals surface area contributed by atoms with Crippen LogP contribution < -0.4 is 5.32 Å². The van der Waals surface area contributed by atoms with E-state index in [9.17, 15) is 5.11 Å². The lowest BCUT2D eigenvalue weighted by Crippen LogP contribution is -2.62. The van der Waals surface area contributed by atoms with E-state index in [1.165, 1.54) is 18.4 Å². The number of nitrogens with zero attached hydrogens (tertiary/aromatic N) is 1. The number of aromatic hydroxyl groups is 1. The number of hydrogen-bond donors (Lipinski definition) is 2. The first-order valence-corrected chi connectivity index (χ1v) is 7.83. The lowest BCUT2D eigenvalue weighted by Gasteiger charge is -2.48. The van der Waals surface area contributed by atoms with Crippen LogP contribution in [0.4, 0.5) is 0 Å². The molecule has 112 valence electrons. The first kappa shape index (κ1) is 15.3. The molecule has 0 aliphatic carbocycles. The highest BCUT2D eigenvalue weighted by Gasteiger charge is 2.35. The average Bonchev–Trinajstić information content (AvgIpc) is 2.45. The van der Waals surface area contributed by atoms with Gasteiger partial charge in [0.2, 0.25) is 0 Å². The SMILES string of the molecule is CCCC1CN(Cc2ccc(O)cc2)C(C)(CC)CN1. The maximum atomic E-state index is 9.40. The highest BCUT2D eigenvalue weighted by molar-refractivity contribution is 5.26. The van der Waals surface area contributed by atoms with Crippen LogP contribution in [0.3, 0.4) is 0 Å². The monoisotopic (exact) mass is 276 g/mol. The second kappa shape index (κ2) is 6.59. The van der Waals surface area contributed by atoms with Crippen molar-refractivity contribution in [3.05, 3.63) is 29.8 Å². The molecule has 2 atom stereocenters. The molecule has 2 rings (SSSR count). The Hall–Kier alpha value is -1.06. The van der Waals surface area contributed by atoms with E-state index < -0.39 is 0 Å². The van der Waals surface area contributed by atoms with Crippen molar-refractivity contribution in [1.82, 2.24) is 10.2 Å². The third-order valence-electron chi connectivity index (χ3n) is 4.68. The highest BCUT2D eigenvalue weighted by atomic mass is 16.3. The molecule has 3 nitrogen and oxygen atoms in total. The molecular weight excluding hydrogens is 248 g/mol. The summed E-state index contributed by atoms with van der Waals surface area (Å²) in [6, 6.07) is 8.23. The highest BCUT2D eigenvalue weighted by Crippen LogP contribution is 2.26. The van der Waals surface area contributed by atoms with E-state index in [-0.39, 0.29) is 5.54 Å². The molecule has 1 aliphatic heterocycles. The van der Waals surface area contributed by atoms with Crippen LogP contribution in [-0.2, 0) is 6.54 Å². The van der Waals surface area contributed by atoms with Crippen molar-refractivity contribution in [2.45, 2.75) is 58.2 Å². The summed E-state index contributed by atoms with van der Waals surface area (Å²) >= 11 is 0. The van der Waals surface area contributed by atoms with Crippen LogP contribution in [0.15, 0.2) is 24.3 Å². The van der Waals surface area contributed by atoms with E-state index >= 15 is 0 Å².